The van der Waals surface area contributed by atoms with E-state index in [2.05, 4.69) is 4.90 Å². The van der Waals surface area contributed by atoms with Gasteiger partial charge in [-0.25, -0.2) is 8.42 Å². The number of halogens is 1. The average Bonchev–Trinajstić information content (AvgIpc) is 2.84. The van der Waals surface area contributed by atoms with Crippen LogP contribution in [0.15, 0.2) is 83.8 Å². The molecular formula is C24H24ClN3O3S. The van der Waals surface area contributed by atoms with E-state index in [0.29, 0.717) is 29.4 Å². The summed E-state index contributed by atoms with van der Waals surface area (Å²) >= 11 is 6.09. The molecule has 0 aliphatic carbocycles. The molecule has 0 aromatic heterocycles. The first-order chi connectivity index (χ1) is 15.4. The number of anilines is 2. The number of sulfonamides is 1. The fourth-order valence-electron chi connectivity index (χ4n) is 3.73. The Labute approximate surface area is 193 Å². The molecule has 1 saturated heterocycles. The molecule has 0 atom stereocenters. The quantitative estimate of drug-likeness (QED) is 0.563. The molecule has 4 rings (SSSR count). The molecule has 0 saturated carbocycles. The Morgan fingerprint density at radius 2 is 1.53 bits per heavy atom. The highest BCUT2D eigenvalue weighted by Gasteiger charge is 2.24. The summed E-state index contributed by atoms with van der Waals surface area (Å²) in [5, 5.41) is 0.695. The maximum absolute atomic E-state index is 13.0. The van der Waals surface area contributed by atoms with Crippen molar-refractivity contribution in [3.05, 3.63) is 89.4 Å². The number of hydrogen-bond donors (Lipinski definition) is 0. The summed E-state index contributed by atoms with van der Waals surface area (Å²) in [4.78, 5) is 17.2. The van der Waals surface area contributed by atoms with Crippen molar-refractivity contribution in [2.45, 2.75) is 4.90 Å². The fourth-order valence-corrected chi connectivity index (χ4v) is 5.13. The third-order valence-corrected chi connectivity index (χ3v) is 7.65. The molecule has 6 nitrogen and oxygen atoms in total. The Morgan fingerprint density at radius 3 is 2.16 bits per heavy atom. The SMILES string of the molecule is CN(c1ccc(C(=O)N2CCN(c3cccc(Cl)c3)CC2)cc1)S(=O)(=O)c1ccccc1. The van der Waals surface area contributed by atoms with Gasteiger partial charge in [-0.3, -0.25) is 9.10 Å². The second-order valence-electron chi connectivity index (χ2n) is 7.59. The van der Waals surface area contributed by atoms with Gasteiger partial charge in [0.25, 0.3) is 15.9 Å². The Kier molecular flexibility index (Phi) is 6.39. The van der Waals surface area contributed by atoms with Gasteiger partial charge in [-0.15, -0.1) is 0 Å². The summed E-state index contributed by atoms with van der Waals surface area (Å²) in [6, 6.07) is 22.7. The molecule has 0 radical (unpaired) electrons. The number of rotatable bonds is 5. The first-order valence-corrected chi connectivity index (χ1v) is 12.1. The Balaban J connectivity index is 1.41. The fraction of sp³-hybridized carbons (Fsp3) is 0.208. The lowest BCUT2D eigenvalue weighted by Crippen LogP contribution is -2.48. The minimum Gasteiger partial charge on any atom is -0.368 e. The Bertz CT molecular complexity index is 1190. The molecule has 1 amide bonds. The summed E-state index contributed by atoms with van der Waals surface area (Å²) in [5.41, 5.74) is 2.09. The van der Waals surface area contributed by atoms with Gasteiger partial charge in [0.2, 0.25) is 0 Å². The third-order valence-electron chi connectivity index (χ3n) is 5.62. The molecule has 0 N–H and O–H groups in total. The lowest BCUT2D eigenvalue weighted by atomic mass is 10.1. The van der Waals surface area contributed by atoms with E-state index in [9.17, 15) is 13.2 Å². The van der Waals surface area contributed by atoms with Gasteiger partial charge in [0, 0.05) is 49.5 Å². The number of benzene rings is 3. The minimum atomic E-state index is -3.66. The van der Waals surface area contributed by atoms with E-state index in [1.165, 1.54) is 11.4 Å². The molecule has 3 aromatic rings. The van der Waals surface area contributed by atoms with Crippen molar-refractivity contribution >= 4 is 38.9 Å². The zero-order valence-electron chi connectivity index (χ0n) is 17.7. The highest BCUT2D eigenvalue weighted by molar-refractivity contribution is 7.92. The van der Waals surface area contributed by atoms with Crippen LogP contribution in [-0.2, 0) is 10.0 Å². The maximum atomic E-state index is 13.0. The van der Waals surface area contributed by atoms with Gasteiger partial charge in [-0.05, 0) is 54.6 Å². The normalized spacial score (nSPS) is 14.3. The molecule has 3 aromatic carbocycles. The molecule has 1 aliphatic heterocycles. The molecule has 0 spiro atoms. The number of piperazine rings is 1. The van der Waals surface area contributed by atoms with Crippen LogP contribution < -0.4 is 9.21 Å². The molecule has 166 valence electrons. The topological polar surface area (TPSA) is 60.9 Å². The zero-order valence-corrected chi connectivity index (χ0v) is 19.3. The minimum absolute atomic E-state index is 0.0594. The van der Waals surface area contributed by atoms with Gasteiger partial charge < -0.3 is 9.80 Å². The van der Waals surface area contributed by atoms with Crippen molar-refractivity contribution in [1.29, 1.82) is 0 Å². The predicted molar refractivity (Wildman–Crippen MR) is 128 cm³/mol. The standard InChI is InChI=1S/C24H24ClN3O3S/c1-26(32(30,31)23-8-3-2-4-9-23)21-12-10-19(11-13-21)24(29)28-16-14-27(15-17-28)22-7-5-6-20(25)18-22/h2-13,18H,14-17H2,1H3. The van der Waals surface area contributed by atoms with Gasteiger partial charge in [-0.2, -0.15) is 0 Å². The van der Waals surface area contributed by atoms with E-state index in [-0.39, 0.29) is 10.8 Å². The molecule has 8 heteroatoms. The second-order valence-corrected chi connectivity index (χ2v) is 10.00. The highest BCUT2D eigenvalue weighted by Crippen LogP contribution is 2.24. The summed E-state index contributed by atoms with van der Waals surface area (Å²) in [6.45, 7) is 2.66. The van der Waals surface area contributed by atoms with Gasteiger partial charge >= 0.3 is 0 Å². The van der Waals surface area contributed by atoms with Crippen molar-refractivity contribution in [1.82, 2.24) is 4.90 Å². The smallest absolute Gasteiger partial charge is 0.264 e. The first-order valence-electron chi connectivity index (χ1n) is 10.3. The van der Waals surface area contributed by atoms with Crippen molar-refractivity contribution < 1.29 is 13.2 Å². The summed E-state index contributed by atoms with van der Waals surface area (Å²) < 4.78 is 26.8. The van der Waals surface area contributed by atoms with E-state index >= 15 is 0 Å². The van der Waals surface area contributed by atoms with Crippen molar-refractivity contribution in [2.75, 3.05) is 42.4 Å². The van der Waals surface area contributed by atoms with Crippen LogP contribution in [0.25, 0.3) is 0 Å². The Hall–Kier alpha value is -3.03. The molecule has 1 aliphatic rings. The van der Waals surface area contributed by atoms with Crippen molar-refractivity contribution in [3.8, 4) is 0 Å². The lowest BCUT2D eigenvalue weighted by molar-refractivity contribution is 0.0747. The number of amides is 1. The first kappa shape index (κ1) is 22.2. The second kappa shape index (κ2) is 9.22. The summed E-state index contributed by atoms with van der Waals surface area (Å²) in [7, 11) is -2.15. The van der Waals surface area contributed by atoms with Gasteiger partial charge in [0.1, 0.15) is 0 Å². The maximum Gasteiger partial charge on any atom is 0.264 e. The molecular weight excluding hydrogens is 446 g/mol. The molecule has 0 bridgehead atoms. The van der Waals surface area contributed by atoms with Crippen molar-refractivity contribution in [3.63, 3.8) is 0 Å². The molecule has 0 unspecified atom stereocenters. The highest BCUT2D eigenvalue weighted by atomic mass is 35.5. The van der Waals surface area contributed by atoms with Crippen molar-refractivity contribution in [2.24, 2.45) is 0 Å². The van der Waals surface area contributed by atoms with E-state index in [4.69, 9.17) is 11.6 Å². The van der Waals surface area contributed by atoms with Gasteiger partial charge in [0.15, 0.2) is 0 Å². The summed E-state index contributed by atoms with van der Waals surface area (Å²) in [5.74, 6) is -0.0594. The Morgan fingerprint density at radius 1 is 0.875 bits per heavy atom. The van der Waals surface area contributed by atoms with Gasteiger partial charge in [-0.1, -0.05) is 35.9 Å². The molecule has 1 heterocycles. The van der Waals surface area contributed by atoms with E-state index in [0.717, 1.165) is 18.8 Å². The van der Waals surface area contributed by atoms with Gasteiger partial charge in [0.05, 0.1) is 10.6 Å². The van der Waals surface area contributed by atoms with E-state index in [1.54, 1.807) is 54.6 Å². The van der Waals surface area contributed by atoms with Crippen LogP contribution in [0.5, 0.6) is 0 Å². The monoisotopic (exact) mass is 469 g/mol. The average molecular weight is 470 g/mol. The zero-order chi connectivity index (χ0) is 22.7. The van der Waals surface area contributed by atoms with Crippen LogP contribution in [0.3, 0.4) is 0 Å². The number of nitrogens with zero attached hydrogens (tertiary/aromatic N) is 3. The number of carbonyl (C=O) groups excluding carboxylic acids is 1. The van der Waals surface area contributed by atoms with E-state index in [1.807, 2.05) is 29.2 Å². The van der Waals surface area contributed by atoms with Crippen LogP contribution in [0.2, 0.25) is 5.02 Å². The van der Waals surface area contributed by atoms with Crippen LogP contribution >= 0.6 is 11.6 Å². The van der Waals surface area contributed by atoms with Crippen LogP contribution in [0.4, 0.5) is 11.4 Å². The lowest BCUT2D eigenvalue weighted by Gasteiger charge is -2.36. The molecule has 1 fully saturated rings. The largest absolute Gasteiger partial charge is 0.368 e. The molecule has 32 heavy (non-hydrogen) atoms. The van der Waals surface area contributed by atoms with Crippen LogP contribution in [0, 0.1) is 0 Å². The summed E-state index contributed by atoms with van der Waals surface area (Å²) in [6.07, 6.45) is 0. The van der Waals surface area contributed by atoms with Crippen LogP contribution in [-0.4, -0.2) is 52.5 Å². The van der Waals surface area contributed by atoms with E-state index < -0.39 is 10.0 Å². The third kappa shape index (κ3) is 4.59. The number of hydrogen-bond acceptors (Lipinski definition) is 4. The predicted octanol–water partition coefficient (Wildman–Crippen LogP) is 4.13. The van der Waals surface area contributed by atoms with Crippen LogP contribution in [0.1, 0.15) is 10.4 Å². The number of carbonyl (C=O) groups is 1.